The van der Waals surface area contributed by atoms with Crippen LogP contribution in [0.5, 0.6) is 0 Å². The maximum Gasteiger partial charge on any atom is 0.251 e. The van der Waals surface area contributed by atoms with E-state index in [1.807, 2.05) is 24.3 Å². The van der Waals surface area contributed by atoms with Gasteiger partial charge in [0.25, 0.3) is 5.91 Å². The number of amides is 1. The Bertz CT molecular complexity index is 858. The Morgan fingerprint density at radius 1 is 1.19 bits per heavy atom. The number of nitrogens with one attached hydrogen (secondary N) is 1. The predicted octanol–water partition coefficient (Wildman–Crippen LogP) is 3.72. The van der Waals surface area contributed by atoms with Crippen molar-refractivity contribution < 1.29 is 9.53 Å². The normalized spacial score (nSPS) is 14.3. The van der Waals surface area contributed by atoms with E-state index in [2.05, 4.69) is 38.9 Å². The molecule has 1 aliphatic rings. The lowest BCUT2D eigenvalue weighted by atomic mass is 10.1. The fourth-order valence-corrected chi connectivity index (χ4v) is 4.53. The van der Waals surface area contributed by atoms with Gasteiger partial charge in [0.15, 0.2) is 5.16 Å². The highest BCUT2D eigenvalue weighted by Crippen LogP contribution is 2.24. The van der Waals surface area contributed by atoms with Crippen LogP contribution in [0.4, 0.5) is 5.82 Å². The molecule has 1 saturated heterocycles. The molecule has 2 aromatic rings. The van der Waals surface area contributed by atoms with Crippen molar-refractivity contribution in [1.82, 2.24) is 20.2 Å². The molecule has 1 fully saturated rings. The molecule has 1 aromatic heterocycles. The van der Waals surface area contributed by atoms with Gasteiger partial charge < -0.3 is 15.0 Å². The molecule has 1 aliphatic heterocycles. The molecule has 3 rings (SSSR count). The number of aromatic nitrogens is 2. The smallest absolute Gasteiger partial charge is 0.251 e. The summed E-state index contributed by atoms with van der Waals surface area (Å²) in [5.41, 5.74) is 1.78. The first-order valence-corrected chi connectivity index (χ1v) is 12.5. The van der Waals surface area contributed by atoms with E-state index in [0.717, 1.165) is 63.7 Å². The number of ether oxygens (including phenoxy) is 1. The number of anilines is 1. The van der Waals surface area contributed by atoms with E-state index in [9.17, 15) is 4.79 Å². The molecule has 0 aliphatic carbocycles. The van der Waals surface area contributed by atoms with E-state index in [1.165, 1.54) is 11.8 Å². The van der Waals surface area contributed by atoms with Crippen molar-refractivity contribution in [2.45, 2.75) is 31.2 Å². The number of benzene rings is 1. The summed E-state index contributed by atoms with van der Waals surface area (Å²) >= 11 is 7.74. The van der Waals surface area contributed by atoms with Crippen molar-refractivity contribution >= 4 is 35.1 Å². The number of halogens is 1. The number of hydrogen-bond acceptors (Lipinski definition) is 7. The van der Waals surface area contributed by atoms with Crippen LogP contribution in [0.15, 0.2) is 35.5 Å². The van der Waals surface area contributed by atoms with Gasteiger partial charge in [-0.25, -0.2) is 9.97 Å². The number of thioether (sulfide) groups is 1. The molecule has 0 saturated carbocycles. The van der Waals surface area contributed by atoms with E-state index < -0.39 is 0 Å². The number of carbonyl (C=O) groups is 1. The highest BCUT2D eigenvalue weighted by Gasteiger charge is 2.11. The lowest BCUT2D eigenvalue weighted by Crippen LogP contribution is -2.38. The summed E-state index contributed by atoms with van der Waals surface area (Å²) in [7, 11) is 0. The van der Waals surface area contributed by atoms with Crippen molar-refractivity contribution in [2.24, 2.45) is 0 Å². The van der Waals surface area contributed by atoms with Gasteiger partial charge in [-0.05, 0) is 44.5 Å². The monoisotopic (exact) mass is 477 g/mol. The third kappa shape index (κ3) is 7.62. The van der Waals surface area contributed by atoms with Crippen LogP contribution in [0, 0.1) is 0 Å². The average Bonchev–Trinajstić information content (AvgIpc) is 2.82. The van der Waals surface area contributed by atoms with Crippen LogP contribution in [0.2, 0.25) is 5.15 Å². The van der Waals surface area contributed by atoms with Crippen LogP contribution in [-0.2, 0) is 10.5 Å². The molecule has 0 atom stereocenters. The molecule has 0 unspecified atom stereocenters. The first kappa shape index (κ1) is 24.8. The molecular weight excluding hydrogens is 446 g/mol. The van der Waals surface area contributed by atoms with Crippen LogP contribution in [0.25, 0.3) is 0 Å². The van der Waals surface area contributed by atoms with Crippen molar-refractivity contribution in [1.29, 1.82) is 0 Å². The van der Waals surface area contributed by atoms with Crippen LogP contribution < -0.4 is 10.2 Å². The zero-order valence-electron chi connectivity index (χ0n) is 18.8. The second kappa shape index (κ2) is 13.0. The van der Waals surface area contributed by atoms with Gasteiger partial charge in [-0.3, -0.25) is 9.69 Å². The van der Waals surface area contributed by atoms with Gasteiger partial charge in [0, 0.05) is 50.1 Å². The highest BCUT2D eigenvalue weighted by atomic mass is 35.5. The lowest BCUT2D eigenvalue weighted by molar-refractivity contribution is 0.0374. The molecular formula is C23H32ClN5O2S. The van der Waals surface area contributed by atoms with Gasteiger partial charge in [0.2, 0.25) is 0 Å². The maximum absolute atomic E-state index is 12.4. The lowest BCUT2D eigenvalue weighted by Gasteiger charge is -2.26. The highest BCUT2D eigenvalue weighted by molar-refractivity contribution is 7.98. The van der Waals surface area contributed by atoms with E-state index in [0.29, 0.717) is 28.2 Å². The summed E-state index contributed by atoms with van der Waals surface area (Å²) in [6, 6.07) is 9.49. The van der Waals surface area contributed by atoms with Crippen molar-refractivity contribution in [2.75, 3.05) is 57.4 Å². The molecule has 1 amide bonds. The molecule has 9 heteroatoms. The van der Waals surface area contributed by atoms with Crippen LogP contribution in [-0.4, -0.2) is 73.3 Å². The quantitative estimate of drug-likeness (QED) is 0.229. The summed E-state index contributed by atoms with van der Waals surface area (Å²) in [4.78, 5) is 25.9. The van der Waals surface area contributed by atoms with Gasteiger partial charge in [-0.1, -0.05) is 35.5 Å². The number of carbonyl (C=O) groups excluding carboxylic acids is 1. The van der Waals surface area contributed by atoms with Gasteiger partial charge >= 0.3 is 0 Å². The molecule has 2 heterocycles. The fraction of sp³-hybridized carbons (Fsp3) is 0.522. The van der Waals surface area contributed by atoms with Crippen molar-refractivity contribution in [3.8, 4) is 0 Å². The van der Waals surface area contributed by atoms with Crippen LogP contribution in [0.1, 0.15) is 36.2 Å². The molecule has 1 N–H and O–H groups in total. The van der Waals surface area contributed by atoms with Gasteiger partial charge in [0.1, 0.15) is 11.0 Å². The van der Waals surface area contributed by atoms with Gasteiger partial charge in [0.05, 0.1) is 13.2 Å². The molecule has 0 radical (unpaired) electrons. The number of rotatable bonds is 11. The molecule has 7 nitrogen and oxygen atoms in total. The van der Waals surface area contributed by atoms with E-state index in [1.54, 1.807) is 6.07 Å². The summed E-state index contributed by atoms with van der Waals surface area (Å²) in [6.45, 7) is 11.1. The SMILES string of the molecule is CCN(CC)c1cc(Cl)nc(SCc2ccc(C(=O)NCCCN3CCOCC3)cc2)n1. The van der Waals surface area contributed by atoms with Crippen molar-refractivity contribution in [3.05, 3.63) is 46.6 Å². The molecule has 174 valence electrons. The third-order valence-corrected chi connectivity index (χ3v) is 6.48. The number of morpholine rings is 1. The Labute approximate surface area is 199 Å². The minimum Gasteiger partial charge on any atom is -0.379 e. The summed E-state index contributed by atoms with van der Waals surface area (Å²) in [6.07, 6.45) is 0.940. The Hall–Kier alpha value is -1.87. The van der Waals surface area contributed by atoms with Crippen LogP contribution in [0.3, 0.4) is 0 Å². The Kier molecular flexibility index (Phi) is 10.1. The van der Waals surface area contributed by atoms with Gasteiger partial charge in [-0.2, -0.15) is 0 Å². The van der Waals surface area contributed by atoms with E-state index in [4.69, 9.17) is 16.3 Å². The topological polar surface area (TPSA) is 70.6 Å². The van der Waals surface area contributed by atoms with Gasteiger partial charge in [-0.15, -0.1) is 0 Å². The average molecular weight is 478 g/mol. The second-order valence-electron chi connectivity index (χ2n) is 7.55. The first-order valence-electron chi connectivity index (χ1n) is 11.2. The Morgan fingerprint density at radius 2 is 1.91 bits per heavy atom. The molecule has 32 heavy (non-hydrogen) atoms. The standard InChI is InChI=1S/C23H32ClN5O2S/c1-3-29(4-2)21-16-20(24)26-23(27-21)32-17-18-6-8-19(9-7-18)22(30)25-10-5-11-28-12-14-31-15-13-28/h6-9,16H,3-5,10-15,17H2,1-2H3,(H,25,30). The van der Waals surface area contributed by atoms with E-state index >= 15 is 0 Å². The first-order chi connectivity index (χ1) is 15.6. The Balaban J connectivity index is 1.45. The summed E-state index contributed by atoms with van der Waals surface area (Å²) in [5.74, 6) is 1.52. The predicted molar refractivity (Wildman–Crippen MR) is 131 cm³/mol. The maximum atomic E-state index is 12.4. The number of nitrogens with zero attached hydrogens (tertiary/aromatic N) is 4. The minimum atomic E-state index is -0.0341. The largest absolute Gasteiger partial charge is 0.379 e. The molecule has 0 spiro atoms. The fourth-order valence-electron chi connectivity index (χ4n) is 3.49. The van der Waals surface area contributed by atoms with E-state index in [-0.39, 0.29) is 5.91 Å². The van der Waals surface area contributed by atoms with Crippen LogP contribution >= 0.6 is 23.4 Å². The zero-order valence-corrected chi connectivity index (χ0v) is 20.4. The summed E-state index contributed by atoms with van der Waals surface area (Å²) in [5, 5.41) is 4.11. The zero-order chi connectivity index (χ0) is 22.8. The molecule has 0 bridgehead atoms. The summed E-state index contributed by atoms with van der Waals surface area (Å²) < 4.78 is 5.36. The second-order valence-corrected chi connectivity index (χ2v) is 8.88. The third-order valence-electron chi connectivity index (χ3n) is 5.37. The Morgan fingerprint density at radius 3 is 2.59 bits per heavy atom. The number of hydrogen-bond donors (Lipinski definition) is 1. The molecule has 1 aromatic carbocycles. The minimum absolute atomic E-state index is 0.0341. The van der Waals surface area contributed by atoms with Crippen molar-refractivity contribution in [3.63, 3.8) is 0 Å².